The van der Waals surface area contributed by atoms with Crippen molar-refractivity contribution in [2.75, 3.05) is 13.1 Å². The zero-order chi connectivity index (χ0) is 19.6. The van der Waals surface area contributed by atoms with Crippen LogP contribution >= 0.6 is 0 Å². The molecular weight excluding hydrogens is 358 g/mol. The molecule has 2 saturated heterocycles. The Labute approximate surface area is 165 Å². The van der Waals surface area contributed by atoms with E-state index in [0.717, 1.165) is 57.9 Å². The maximum absolute atomic E-state index is 13.6. The third-order valence-corrected chi connectivity index (χ3v) is 6.79. The number of aromatic nitrogens is 3. The largest absolute Gasteiger partial charge is 0.393 e. The lowest BCUT2D eigenvalue weighted by molar-refractivity contribution is -0.158. The summed E-state index contributed by atoms with van der Waals surface area (Å²) in [5.74, 6) is 0.245. The van der Waals surface area contributed by atoms with Crippen molar-refractivity contribution in [3.05, 3.63) is 12.7 Å². The van der Waals surface area contributed by atoms with Gasteiger partial charge in [-0.05, 0) is 57.8 Å². The van der Waals surface area contributed by atoms with Crippen molar-refractivity contribution in [3.8, 4) is 0 Å². The van der Waals surface area contributed by atoms with Gasteiger partial charge in [-0.1, -0.05) is 0 Å². The van der Waals surface area contributed by atoms with Crippen LogP contribution in [0.4, 0.5) is 0 Å². The molecule has 3 fully saturated rings. The normalized spacial score (nSPS) is 31.0. The van der Waals surface area contributed by atoms with Gasteiger partial charge in [0.05, 0.1) is 6.10 Å². The average molecular weight is 390 g/mol. The second-order valence-corrected chi connectivity index (χ2v) is 8.51. The zero-order valence-corrected chi connectivity index (χ0v) is 16.5. The summed E-state index contributed by atoms with van der Waals surface area (Å²) in [6, 6.07) is 0.220. The first kappa shape index (κ1) is 19.4. The number of carbonyl (C=O) groups excluding carboxylic acids is 2. The van der Waals surface area contributed by atoms with Gasteiger partial charge >= 0.3 is 0 Å². The number of amides is 2. The quantitative estimate of drug-likeness (QED) is 0.821. The summed E-state index contributed by atoms with van der Waals surface area (Å²) in [5, 5.41) is 13.9. The van der Waals surface area contributed by atoms with Crippen LogP contribution in [0.5, 0.6) is 0 Å². The summed E-state index contributed by atoms with van der Waals surface area (Å²) in [6.07, 6.45) is 10.8. The fourth-order valence-electron chi connectivity index (χ4n) is 5.34. The Morgan fingerprint density at radius 3 is 2.64 bits per heavy atom. The van der Waals surface area contributed by atoms with Crippen LogP contribution in [0.2, 0.25) is 0 Å². The molecule has 4 rings (SSSR count). The Morgan fingerprint density at radius 2 is 1.93 bits per heavy atom. The van der Waals surface area contributed by atoms with Crippen molar-refractivity contribution in [3.63, 3.8) is 0 Å². The van der Waals surface area contributed by atoms with Crippen molar-refractivity contribution in [2.24, 2.45) is 0 Å². The Morgan fingerprint density at radius 1 is 1.18 bits per heavy atom. The van der Waals surface area contributed by atoms with Crippen LogP contribution in [0.15, 0.2) is 12.7 Å². The maximum atomic E-state index is 13.6. The minimum Gasteiger partial charge on any atom is -0.393 e. The number of rotatable bonds is 5. The first-order chi connectivity index (χ1) is 13.6. The van der Waals surface area contributed by atoms with E-state index in [4.69, 9.17) is 0 Å². The van der Waals surface area contributed by atoms with E-state index in [1.54, 1.807) is 11.0 Å². The molecule has 1 N–H and O–H groups in total. The molecule has 0 bridgehead atoms. The van der Waals surface area contributed by atoms with Crippen LogP contribution in [0.3, 0.4) is 0 Å². The molecule has 28 heavy (non-hydrogen) atoms. The molecule has 1 unspecified atom stereocenters. The topological polar surface area (TPSA) is 91.6 Å². The maximum Gasteiger partial charge on any atom is 0.248 e. The highest BCUT2D eigenvalue weighted by molar-refractivity contribution is 5.93. The van der Waals surface area contributed by atoms with E-state index in [-0.39, 0.29) is 24.0 Å². The van der Waals surface area contributed by atoms with E-state index < -0.39 is 5.54 Å². The molecule has 8 heteroatoms. The van der Waals surface area contributed by atoms with E-state index in [0.29, 0.717) is 25.9 Å². The first-order valence-corrected chi connectivity index (χ1v) is 10.7. The highest BCUT2D eigenvalue weighted by Crippen LogP contribution is 2.40. The summed E-state index contributed by atoms with van der Waals surface area (Å²) < 4.78 is 1.73. The molecule has 1 spiro atoms. The molecule has 0 aromatic carbocycles. The number of aliphatic hydroxyl groups is 1. The molecule has 2 aliphatic heterocycles. The van der Waals surface area contributed by atoms with Crippen LogP contribution in [0.25, 0.3) is 0 Å². The fraction of sp³-hybridized carbons (Fsp3) is 0.800. The number of hydrogen-bond donors (Lipinski definition) is 1. The van der Waals surface area contributed by atoms with Crippen LogP contribution < -0.4 is 0 Å². The molecule has 8 nitrogen and oxygen atoms in total. The van der Waals surface area contributed by atoms with Crippen molar-refractivity contribution in [1.82, 2.24) is 24.6 Å². The molecule has 3 aliphatic rings. The van der Waals surface area contributed by atoms with Gasteiger partial charge in [0.25, 0.3) is 0 Å². The van der Waals surface area contributed by atoms with Crippen molar-refractivity contribution in [1.29, 1.82) is 0 Å². The number of likely N-dealkylation sites (tertiary alicyclic amines) is 2. The average Bonchev–Trinajstić information content (AvgIpc) is 3.35. The summed E-state index contributed by atoms with van der Waals surface area (Å²) in [6.45, 7) is 2.14. The number of aryl methyl sites for hydroxylation is 1. The van der Waals surface area contributed by atoms with Crippen LogP contribution in [-0.2, 0) is 16.1 Å². The summed E-state index contributed by atoms with van der Waals surface area (Å²) in [5.41, 5.74) is -0.626. The monoisotopic (exact) mass is 389 g/mol. The molecule has 154 valence electrons. The lowest BCUT2D eigenvalue weighted by Crippen LogP contribution is -2.63. The van der Waals surface area contributed by atoms with E-state index in [1.165, 1.54) is 6.33 Å². The summed E-state index contributed by atoms with van der Waals surface area (Å²) >= 11 is 0. The molecule has 2 amide bonds. The Hall–Kier alpha value is -1.96. The molecular formula is C20H31N5O3. The summed E-state index contributed by atoms with van der Waals surface area (Å²) in [4.78, 5) is 34.4. The molecule has 1 aromatic heterocycles. The Bertz CT molecular complexity index is 686. The lowest BCUT2D eigenvalue weighted by Gasteiger charge is -2.48. The van der Waals surface area contributed by atoms with Gasteiger partial charge in [-0.3, -0.25) is 14.3 Å². The molecule has 1 atom stereocenters. The molecule has 1 aromatic rings. The number of carbonyl (C=O) groups is 2. The first-order valence-electron chi connectivity index (χ1n) is 10.7. The van der Waals surface area contributed by atoms with E-state index in [9.17, 15) is 14.7 Å². The summed E-state index contributed by atoms with van der Waals surface area (Å²) in [7, 11) is 0. The highest BCUT2D eigenvalue weighted by Gasteiger charge is 2.53. The molecule has 0 radical (unpaired) electrons. The molecule has 3 heterocycles. The molecule has 1 aliphatic carbocycles. The van der Waals surface area contributed by atoms with Gasteiger partial charge in [0.1, 0.15) is 18.2 Å². The number of nitrogens with zero attached hydrogens (tertiary/aromatic N) is 5. The van der Waals surface area contributed by atoms with Crippen LogP contribution in [0.1, 0.15) is 64.2 Å². The number of aliphatic hydroxyl groups excluding tert-OH is 1. The molecule has 1 saturated carbocycles. The standard InChI is InChI=1S/C20H31N5O3/c26-17-7-5-16(6-8-17)24-12-2-9-20(19(24)28)10-3-13-25(20)18(27)4-1-11-23-15-21-14-22-23/h14-17,26H,1-13H2. The number of piperidine rings is 1. The second-order valence-electron chi connectivity index (χ2n) is 8.51. The minimum atomic E-state index is -0.626. The third kappa shape index (κ3) is 3.66. The van der Waals surface area contributed by atoms with Gasteiger partial charge in [-0.25, -0.2) is 4.98 Å². The lowest BCUT2D eigenvalue weighted by atomic mass is 9.82. The van der Waals surface area contributed by atoms with Gasteiger partial charge in [0.2, 0.25) is 11.8 Å². The van der Waals surface area contributed by atoms with Gasteiger partial charge in [0, 0.05) is 32.1 Å². The second kappa shape index (κ2) is 8.19. The zero-order valence-electron chi connectivity index (χ0n) is 16.5. The SMILES string of the molecule is O=C(CCCn1cncn1)N1CCCC12CCCN(C1CCC(O)CC1)C2=O. The van der Waals surface area contributed by atoms with E-state index in [1.807, 2.05) is 9.80 Å². The smallest absolute Gasteiger partial charge is 0.248 e. The fourth-order valence-corrected chi connectivity index (χ4v) is 5.34. The highest BCUT2D eigenvalue weighted by atomic mass is 16.3. The van der Waals surface area contributed by atoms with Gasteiger partial charge in [-0.2, -0.15) is 5.10 Å². The van der Waals surface area contributed by atoms with Crippen molar-refractivity contribution >= 4 is 11.8 Å². The van der Waals surface area contributed by atoms with E-state index in [2.05, 4.69) is 10.1 Å². The van der Waals surface area contributed by atoms with Crippen LogP contribution in [-0.4, -0.2) is 72.3 Å². The van der Waals surface area contributed by atoms with Crippen molar-refractivity contribution in [2.45, 2.75) is 88.4 Å². The van der Waals surface area contributed by atoms with E-state index >= 15 is 0 Å². The van der Waals surface area contributed by atoms with Gasteiger partial charge in [-0.15, -0.1) is 0 Å². The van der Waals surface area contributed by atoms with Gasteiger partial charge in [0.15, 0.2) is 0 Å². The van der Waals surface area contributed by atoms with Gasteiger partial charge < -0.3 is 14.9 Å². The van der Waals surface area contributed by atoms with Crippen molar-refractivity contribution < 1.29 is 14.7 Å². The Kier molecular flexibility index (Phi) is 5.66. The third-order valence-electron chi connectivity index (χ3n) is 6.79. The van der Waals surface area contributed by atoms with Crippen LogP contribution in [0, 0.1) is 0 Å². The Balaban J connectivity index is 1.41. The minimum absolute atomic E-state index is 0.0897. The predicted octanol–water partition coefficient (Wildman–Crippen LogP) is 1.35. The predicted molar refractivity (Wildman–Crippen MR) is 102 cm³/mol. The number of hydrogen-bond acceptors (Lipinski definition) is 5.